The van der Waals surface area contributed by atoms with Crippen molar-refractivity contribution in [2.75, 3.05) is 13.2 Å². The van der Waals surface area contributed by atoms with Crippen LogP contribution in [-0.2, 0) is 0 Å². The smallest absolute Gasteiger partial charge is 0.252 e. The Morgan fingerprint density at radius 2 is 1.84 bits per heavy atom. The van der Waals surface area contributed by atoms with Crippen molar-refractivity contribution in [2.45, 2.75) is 25.0 Å². The zero-order valence-corrected chi connectivity index (χ0v) is 13.7. The van der Waals surface area contributed by atoms with E-state index in [-0.39, 0.29) is 19.1 Å². The Balaban J connectivity index is 1.66. The fourth-order valence-corrected chi connectivity index (χ4v) is 3.09. The summed E-state index contributed by atoms with van der Waals surface area (Å²) in [7, 11) is 0. The van der Waals surface area contributed by atoms with Gasteiger partial charge in [0.1, 0.15) is 5.75 Å². The fourth-order valence-electron chi connectivity index (χ4n) is 3.09. The maximum atomic E-state index is 12.3. The van der Waals surface area contributed by atoms with Crippen LogP contribution in [0.25, 0.3) is 0 Å². The lowest BCUT2D eigenvalue weighted by Crippen LogP contribution is -2.40. The molecule has 0 radical (unpaired) electrons. The minimum atomic E-state index is -0.826. The van der Waals surface area contributed by atoms with E-state index in [0.717, 1.165) is 0 Å². The summed E-state index contributed by atoms with van der Waals surface area (Å²) in [5.74, 6) is 0.362. The van der Waals surface area contributed by atoms with E-state index in [1.165, 1.54) is 6.20 Å². The third kappa shape index (κ3) is 4.32. The Morgan fingerprint density at radius 3 is 2.44 bits per heavy atom. The van der Waals surface area contributed by atoms with E-state index in [1.54, 1.807) is 42.9 Å². The van der Waals surface area contributed by atoms with Crippen LogP contribution in [0, 0.1) is 5.41 Å². The summed E-state index contributed by atoms with van der Waals surface area (Å²) < 4.78 is 5.78. The summed E-state index contributed by atoms with van der Waals surface area (Å²) in [5, 5.41) is 22.8. The first-order valence-electron chi connectivity index (χ1n) is 8.15. The predicted octanol–water partition coefficient (Wildman–Crippen LogP) is 0.787. The highest BCUT2D eigenvalue weighted by Crippen LogP contribution is 2.38. The number of nitrogens with zero attached hydrogens (tertiary/aromatic N) is 2. The zero-order chi connectivity index (χ0) is 17.7. The molecule has 7 heteroatoms. The maximum absolute atomic E-state index is 12.3. The zero-order valence-electron chi connectivity index (χ0n) is 13.7. The quantitative estimate of drug-likeness (QED) is 0.716. The molecule has 1 aliphatic rings. The van der Waals surface area contributed by atoms with E-state index in [1.807, 2.05) is 0 Å². The molecule has 0 bridgehead atoms. The summed E-state index contributed by atoms with van der Waals surface area (Å²) >= 11 is 0. The van der Waals surface area contributed by atoms with Crippen molar-refractivity contribution in [3.8, 4) is 5.75 Å². The van der Waals surface area contributed by atoms with Crippen LogP contribution < -0.4 is 10.1 Å². The van der Waals surface area contributed by atoms with Crippen molar-refractivity contribution in [1.82, 2.24) is 15.3 Å². The van der Waals surface area contributed by atoms with Crippen molar-refractivity contribution in [3.05, 3.63) is 54.6 Å². The van der Waals surface area contributed by atoms with Crippen LogP contribution >= 0.6 is 0 Å². The van der Waals surface area contributed by atoms with E-state index < -0.39 is 17.6 Å². The molecule has 2 atom stereocenters. The highest BCUT2D eigenvalue weighted by atomic mass is 16.5. The van der Waals surface area contributed by atoms with Gasteiger partial charge in [-0.05, 0) is 37.1 Å². The van der Waals surface area contributed by atoms with Gasteiger partial charge in [-0.15, -0.1) is 0 Å². The van der Waals surface area contributed by atoms with Gasteiger partial charge in [-0.3, -0.25) is 14.8 Å². The third-order valence-corrected chi connectivity index (χ3v) is 4.46. The second kappa shape index (κ2) is 7.58. The van der Waals surface area contributed by atoms with Gasteiger partial charge in [0.15, 0.2) is 0 Å². The van der Waals surface area contributed by atoms with E-state index >= 15 is 0 Å². The number of rotatable bonds is 6. The van der Waals surface area contributed by atoms with Crippen molar-refractivity contribution in [3.63, 3.8) is 0 Å². The average Bonchev–Trinajstić information content (AvgIpc) is 2.94. The molecule has 0 spiro atoms. The molecule has 2 aromatic heterocycles. The normalized spacial score (nSPS) is 25.5. The van der Waals surface area contributed by atoms with Crippen molar-refractivity contribution < 1.29 is 19.7 Å². The van der Waals surface area contributed by atoms with E-state index in [4.69, 9.17) is 4.74 Å². The average molecular weight is 343 g/mol. The predicted molar refractivity (Wildman–Crippen MR) is 90.0 cm³/mol. The van der Waals surface area contributed by atoms with Gasteiger partial charge in [-0.1, -0.05) is 0 Å². The highest BCUT2D eigenvalue weighted by molar-refractivity contribution is 5.93. The molecule has 0 aliphatic heterocycles. The molecule has 0 aromatic carbocycles. The number of aliphatic hydroxyl groups is 2. The summed E-state index contributed by atoms with van der Waals surface area (Å²) in [6, 6.07) is 6.93. The number of amides is 1. The van der Waals surface area contributed by atoms with Gasteiger partial charge in [0.05, 0.1) is 30.6 Å². The largest absolute Gasteiger partial charge is 0.491 e. The van der Waals surface area contributed by atoms with Crippen molar-refractivity contribution >= 4 is 5.91 Å². The maximum Gasteiger partial charge on any atom is 0.252 e. The Labute approximate surface area is 145 Å². The van der Waals surface area contributed by atoms with Crippen LogP contribution in [0.3, 0.4) is 0 Å². The molecule has 1 aliphatic carbocycles. The number of carbonyl (C=O) groups excluding carboxylic acids is 1. The second-order valence-electron chi connectivity index (χ2n) is 6.44. The van der Waals surface area contributed by atoms with Gasteiger partial charge in [0.25, 0.3) is 5.91 Å². The molecule has 3 rings (SSSR count). The molecule has 1 saturated carbocycles. The number of carbonyl (C=O) groups is 1. The molecular weight excluding hydrogens is 322 g/mol. The molecule has 1 amide bonds. The minimum absolute atomic E-state index is 0.246. The number of pyridine rings is 2. The van der Waals surface area contributed by atoms with E-state index in [0.29, 0.717) is 24.2 Å². The van der Waals surface area contributed by atoms with Crippen molar-refractivity contribution in [1.29, 1.82) is 0 Å². The highest BCUT2D eigenvalue weighted by Gasteiger charge is 2.45. The molecule has 2 aromatic rings. The number of nitrogens with one attached hydrogen (secondary N) is 1. The molecular formula is C18H21N3O4. The van der Waals surface area contributed by atoms with Gasteiger partial charge < -0.3 is 20.3 Å². The second-order valence-corrected chi connectivity index (χ2v) is 6.44. The topological polar surface area (TPSA) is 105 Å². The summed E-state index contributed by atoms with van der Waals surface area (Å²) in [4.78, 5) is 20.2. The first-order valence-corrected chi connectivity index (χ1v) is 8.15. The third-order valence-electron chi connectivity index (χ3n) is 4.46. The monoisotopic (exact) mass is 343 g/mol. The van der Waals surface area contributed by atoms with Gasteiger partial charge >= 0.3 is 0 Å². The van der Waals surface area contributed by atoms with Gasteiger partial charge in [-0.2, -0.15) is 0 Å². The molecule has 132 valence electrons. The molecule has 0 saturated heterocycles. The number of aromatic nitrogens is 2. The van der Waals surface area contributed by atoms with E-state index in [2.05, 4.69) is 15.3 Å². The Hall–Kier alpha value is -2.51. The van der Waals surface area contributed by atoms with Crippen LogP contribution in [-0.4, -0.2) is 51.4 Å². The molecule has 3 N–H and O–H groups in total. The Morgan fingerprint density at radius 1 is 1.16 bits per heavy atom. The SMILES string of the molecule is O=C(NCC1(COc2cccnc2)CC(O)C(O)C1)c1cccnc1. The lowest BCUT2D eigenvalue weighted by molar-refractivity contribution is 0.0438. The number of hydrogen-bond donors (Lipinski definition) is 3. The summed E-state index contributed by atoms with van der Waals surface area (Å²) in [6.45, 7) is 0.551. The Bertz CT molecular complexity index is 686. The number of aliphatic hydroxyl groups excluding tert-OH is 2. The summed E-state index contributed by atoms with van der Waals surface area (Å²) in [5.41, 5.74) is -0.0862. The standard InChI is InChI=1S/C18H21N3O4/c22-15-7-18(8-16(15)23,12-25-14-4-2-6-20-10-14)11-21-17(24)13-3-1-5-19-9-13/h1-6,9-10,15-16,22-23H,7-8,11-12H2,(H,21,24). The first kappa shape index (κ1) is 17.3. The van der Waals surface area contributed by atoms with Crippen LogP contribution in [0.4, 0.5) is 0 Å². The minimum Gasteiger partial charge on any atom is -0.491 e. The molecule has 7 nitrogen and oxygen atoms in total. The molecule has 2 heterocycles. The van der Waals surface area contributed by atoms with Crippen LogP contribution in [0.2, 0.25) is 0 Å². The van der Waals surface area contributed by atoms with Crippen LogP contribution in [0.15, 0.2) is 49.1 Å². The lowest BCUT2D eigenvalue weighted by Gasteiger charge is -2.29. The first-order chi connectivity index (χ1) is 12.1. The number of hydrogen-bond acceptors (Lipinski definition) is 6. The summed E-state index contributed by atoms with van der Waals surface area (Å²) in [6.07, 6.45) is 5.39. The van der Waals surface area contributed by atoms with E-state index in [9.17, 15) is 15.0 Å². The molecule has 2 unspecified atom stereocenters. The lowest BCUT2D eigenvalue weighted by atomic mass is 9.86. The van der Waals surface area contributed by atoms with Crippen LogP contribution in [0.5, 0.6) is 5.75 Å². The number of ether oxygens (including phenoxy) is 1. The fraction of sp³-hybridized carbons (Fsp3) is 0.389. The Kier molecular flexibility index (Phi) is 5.25. The molecule has 1 fully saturated rings. The van der Waals surface area contributed by atoms with Gasteiger partial charge in [0.2, 0.25) is 0 Å². The van der Waals surface area contributed by atoms with Gasteiger partial charge in [0, 0.05) is 30.6 Å². The van der Waals surface area contributed by atoms with Gasteiger partial charge in [-0.25, -0.2) is 0 Å². The molecule has 25 heavy (non-hydrogen) atoms. The van der Waals surface area contributed by atoms with Crippen LogP contribution in [0.1, 0.15) is 23.2 Å². The van der Waals surface area contributed by atoms with Crippen molar-refractivity contribution in [2.24, 2.45) is 5.41 Å².